The molecule has 10 aromatic rings. The molecule has 0 amide bonds. The van der Waals surface area contributed by atoms with E-state index in [4.69, 9.17) is 63.1 Å². The Morgan fingerprint density at radius 3 is 0.344 bits per heavy atom. The molecule has 0 unspecified atom stereocenters. The molecule has 10 rings (SSSR count). The van der Waals surface area contributed by atoms with Crippen molar-refractivity contribution >= 4 is 63.1 Å². The molecule has 0 saturated heterocycles. The van der Waals surface area contributed by atoms with Gasteiger partial charge in [-0.1, -0.05) is 218 Å². The van der Waals surface area contributed by atoms with Gasteiger partial charge in [0.2, 0.25) is 0 Å². The Hall–Kier alpha value is -9.25. The Morgan fingerprint density at radius 1 is 0.167 bits per heavy atom. The van der Waals surface area contributed by atoms with Crippen molar-refractivity contribution in [3.8, 4) is 59.2 Å². The lowest BCUT2D eigenvalue weighted by Crippen LogP contribution is -1.80. The Balaban J connectivity index is 0.000000555. The predicted molar refractivity (Wildman–Crippen MR) is 383 cm³/mol. The lowest BCUT2D eigenvalue weighted by atomic mass is 10.1. The highest BCUT2D eigenvalue weighted by Crippen LogP contribution is 2.14. The van der Waals surface area contributed by atoms with Crippen LogP contribution in [0.4, 0.5) is 23.5 Å². The Morgan fingerprint density at radius 2 is 0.256 bits per heavy atom. The molecule has 0 aliphatic heterocycles. The molecule has 10 aromatic carbocycles. The van der Waals surface area contributed by atoms with Crippen LogP contribution in [0.3, 0.4) is 0 Å². The molecule has 90 heavy (non-hydrogen) atoms. The summed E-state index contributed by atoms with van der Waals surface area (Å²) in [5.41, 5.74) is 16.9. The quantitative estimate of drug-likeness (QED) is 0.119. The van der Waals surface area contributed by atoms with E-state index in [-0.39, 0.29) is 23.5 Å². The van der Waals surface area contributed by atoms with E-state index >= 15 is 0 Å². The summed E-state index contributed by atoms with van der Waals surface area (Å²) in [7, 11) is 0. The molecule has 0 N–H and O–H groups in total. The Kier molecular flexibility index (Phi) is 38.7. The predicted octanol–water partition coefficient (Wildman–Crippen LogP) is 21.8. The molecule has 0 bridgehead atoms. The number of hydrogen-bond donors (Lipinski definition) is 0. The van der Waals surface area contributed by atoms with Crippen molar-refractivity contribution in [1.29, 1.82) is 0 Å². The van der Waals surface area contributed by atoms with Gasteiger partial charge in [-0.25, -0.2) is 0 Å². The van der Waals surface area contributed by atoms with Crippen LogP contribution in [0.1, 0.15) is 118 Å². The minimum absolute atomic E-state index is 0. The molecule has 0 atom stereocenters. The lowest BCUT2D eigenvalue weighted by Gasteiger charge is -1.95. The fraction of sp³-hybridized carbons (Fsp3) is 0.125. The van der Waals surface area contributed by atoms with Crippen molar-refractivity contribution in [2.45, 2.75) is 91.2 Å². The molecule has 0 spiro atoms. The highest BCUT2D eigenvalue weighted by Gasteiger charge is 1.96. The van der Waals surface area contributed by atoms with Gasteiger partial charge in [-0.15, -0.1) is 0 Å². The first-order valence-electron chi connectivity index (χ1n) is 28.3. The highest BCUT2D eigenvalue weighted by molar-refractivity contribution is 7.81. The Bertz CT molecular complexity index is 3340. The van der Waals surface area contributed by atoms with E-state index in [9.17, 15) is 0 Å². The molecule has 455 valence electrons. The summed E-state index contributed by atoms with van der Waals surface area (Å²) in [6, 6.07) is 80.4. The summed E-state index contributed by atoms with van der Waals surface area (Å²) in [5, 5.41) is 0. The van der Waals surface area contributed by atoms with Gasteiger partial charge in [-0.2, -0.15) is 0 Å². The van der Waals surface area contributed by atoms with Gasteiger partial charge in [0.15, 0.2) is 0 Å². The van der Waals surface area contributed by atoms with Crippen LogP contribution in [-0.2, 0) is 32.1 Å². The van der Waals surface area contributed by atoms with Crippen molar-refractivity contribution in [1.82, 2.24) is 0 Å². The molecule has 0 saturated carbocycles. The third-order valence-electron chi connectivity index (χ3n) is 12.8. The van der Waals surface area contributed by atoms with Gasteiger partial charge in [0.05, 0.1) is 0 Å². The molecule has 0 aromatic heterocycles. The molecule has 0 heterocycles. The van der Waals surface area contributed by atoms with E-state index in [1.54, 1.807) is 0 Å². The zero-order valence-electron chi connectivity index (χ0n) is 50.7. The van der Waals surface area contributed by atoms with Crippen molar-refractivity contribution < 1.29 is 23.5 Å². The van der Waals surface area contributed by atoms with Gasteiger partial charge < -0.3 is 0 Å². The number of rotatable bonds is 5. The molecule has 10 heteroatoms. The largest absolute Gasteiger partial charge is 0.269 e. The van der Waals surface area contributed by atoms with E-state index in [0.29, 0.717) is 0 Å². The summed E-state index contributed by atoms with van der Waals surface area (Å²) < 4.78 is 0. The van der Waals surface area contributed by atoms with Crippen LogP contribution in [0.25, 0.3) is 0 Å². The number of aryl methyl sites for hydroxylation is 5. The topological polar surface area (TPSA) is 0 Å². The molecule has 0 nitrogen and oxygen atoms in total. The van der Waals surface area contributed by atoms with Crippen molar-refractivity contribution in [2.24, 2.45) is 0 Å². The first-order valence-corrected chi connectivity index (χ1v) is 30.3. The van der Waals surface area contributed by atoms with E-state index in [2.05, 4.69) is 215 Å². The van der Waals surface area contributed by atoms with Gasteiger partial charge in [0.25, 0.3) is 0 Å². The smallest absolute Gasteiger partial charge is 0.0377 e. The zero-order valence-corrected chi connectivity index (χ0v) is 54.8. The molecule has 5 radical (unpaired) electrons. The summed E-state index contributed by atoms with van der Waals surface area (Å²) in [5.74, 6) is 31.4. The van der Waals surface area contributed by atoms with Crippen LogP contribution in [0.15, 0.2) is 267 Å². The average Bonchev–Trinajstić information content (AvgIpc) is 3.65. The number of benzene rings is 10. The minimum Gasteiger partial charge on any atom is -0.269 e. The number of hydrogen-bond acceptors (Lipinski definition) is 0. The van der Waals surface area contributed by atoms with E-state index in [1.807, 2.05) is 121 Å². The van der Waals surface area contributed by atoms with Crippen LogP contribution in [-0.4, -0.2) is 0 Å². The number of halogens is 5. The fourth-order valence-electron chi connectivity index (χ4n) is 7.53. The zero-order chi connectivity index (χ0) is 60.4. The van der Waals surface area contributed by atoms with Crippen LogP contribution < -0.4 is 0 Å². The van der Waals surface area contributed by atoms with Crippen molar-refractivity contribution in [2.75, 3.05) is 0 Å². The maximum absolute atomic E-state index is 5.03. The molecule has 0 aliphatic rings. The van der Waals surface area contributed by atoms with Gasteiger partial charge in [0, 0.05) is 80.1 Å². The fourth-order valence-corrected chi connectivity index (χ4v) is 8.21. The van der Waals surface area contributed by atoms with Gasteiger partial charge >= 0.3 is 0 Å². The molecule has 0 aliphatic carbocycles. The van der Waals surface area contributed by atoms with Crippen molar-refractivity contribution in [3.05, 3.63) is 326 Å². The highest BCUT2D eigenvalue weighted by atomic mass is 32.1. The standard InChI is InChI=1S/5C16H13S.5FH/c5*1-2-13-3-5-14(6-4-13)7-8-15-9-11-16(17)12-10-15;;;;;/h5*3-6,9-12H,2H2,1H3;5*1H. The van der Waals surface area contributed by atoms with Crippen molar-refractivity contribution in [3.63, 3.8) is 0 Å². The van der Waals surface area contributed by atoms with Crippen LogP contribution in [0, 0.1) is 59.2 Å². The average molecular weight is 1290 g/mol. The van der Waals surface area contributed by atoms with Crippen LogP contribution in [0.5, 0.6) is 0 Å². The third-order valence-corrected chi connectivity index (χ3v) is 14.2. The van der Waals surface area contributed by atoms with Crippen LogP contribution in [0.2, 0.25) is 0 Å². The normalized spacial score (nSPS) is 8.94. The first-order chi connectivity index (χ1) is 41.4. The van der Waals surface area contributed by atoms with Gasteiger partial charge in [-0.3, -0.25) is 23.5 Å². The van der Waals surface area contributed by atoms with E-state index in [1.165, 1.54) is 27.8 Å². The summed E-state index contributed by atoms with van der Waals surface area (Å²) in [6.07, 6.45) is 5.32. The maximum atomic E-state index is 5.03. The second-order valence-electron chi connectivity index (χ2n) is 19.1. The first kappa shape index (κ1) is 78.8. The summed E-state index contributed by atoms with van der Waals surface area (Å²) in [4.78, 5) is 4.25. The lowest BCUT2D eigenvalue weighted by molar-refractivity contribution is 1.11. The molecule has 0 fully saturated rings. The monoisotopic (exact) mass is 1290 g/mol. The summed E-state index contributed by atoms with van der Waals surface area (Å²) in [6.45, 7) is 10.7. The SMILES string of the molecule is CCc1ccc(C#Cc2ccc([S])cc2)cc1.CCc1ccc(C#Cc2ccc([S])cc2)cc1.CCc1ccc(C#Cc2ccc([S])cc2)cc1.CCc1ccc(C#Cc2ccc([S])cc2)cc1.CCc1ccc(C#Cc2ccc([S])cc2)cc1.F.F.F.F.F. The second kappa shape index (κ2) is 44.2. The van der Waals surface area contributed by atoms with E-state index in [0.717, 1.165) is 112 Å². The van der Waals surface area contributed by atoms with Gasteiger partial charge in [0.1, 0.15) is 0 Å². The van der Waals surface area contributed by atoms with E-state index < -0.39 is 0 Å². The molecular weight excluding hydrogens is 1220 g/mol. The summed E-state index contributed by atoms with van der Waals surface area (Å²) >= 11 is 25.1. The third kappa shape index (κ3) is 30.1. The second-order valence-corrected chi connectivity index (χ2v) is 21.5. The minimum atomic E-state index is 0. The van der Waals surface area contributed by atoms with Crippen LogP contribution >= 0.6 is 63.1 Å². The Labute approximate surface area is 559 Å². The van der Waals surface area contributed by atoms with Gasteiger partial charge in [-0.05, 0) is 242 Å². The maximum Gasteiger partial charge on any atom is 0.0377 e. The molecular formula is C80H70F5S5.